The Balaban J connectivity index is 1.44. The average Bonchev–Trinajstić information content (AvgIpc) is 3.09. The largest absolute Gasteiger partial charge is 0.489 e. The number of esters is 1. The number of fused-ring (bicyclic) bond motifs is 1. The van der Waals surface area contributed by atoms with Crippen molar-refractivity contribution in [3.05, 3.63) is 125 Å². The van der Waals surface area contributed by atoms with E-state index >= 15 is 0 Å². The molecular formula is C40H41F3N2O5. The van der Waals surface area contributed by atoms with Crippen LogP contribution in [0.3, 0.4) is 0 Å². The molecule has 2 amide bonds. The van der Waals surface area contributed by atoms with Crippen LogP contribution >= 0.6 is 0 Å². The van der Waals surface area contributed by atoms with Crippen molar-refractivity contribution in [1.82, 2.24) is 10.2 Å². The van der Waals surface area contributed by atoms with Gasteiger partial charge in [0.2, 0.25) is 11.8 Å². The minimum atomic E-state index is -4.44. The van der Waals surface area contributed by atoms with Gasteiger partial charge in [0.05, 0.1) is 25.1 Å². The van der Waals surface area contributed by atoms with Crippen molar-refractivity contribution in [3.63, 3.8) is 0 Å². The molecular weight excluding hydrogens is 645 g/mol. The summed E-state index contributed by atoms with van der Waals surface area (Å²) in [5.74, 6) is -0.759. The summed E-state index contributed by atoms with van der Waals surface area (Å²) >= 11 is 0. The van der Waals surface area contributed by atoms with Gasteiger partial charge in [-0.05, 0) is 69.5 Å². The monoisotopic (exact) mass is 686 g/mol. The molecule has 5 rings (SSSR count). The van der Waals surface area contributed by atoms with Crippen molar-refractivity contribution in [2.75, 3.05) is 13.7 Å². The molecule has 0 saturated carbocycles. The van der Waals surface area contributed by atoms with E-state index in [-0.39, 0.29) is 30.8 Å². The van der Waals surface area contributed by atoms with Gasteiger partial charge in [0.25, 0.3) is 0 Å². The van der Waals surface area contributed by atoms with Crippen LogP contribution in [0.25, 0.3) is 11.1 Å². The summed E-state index contributed by atoms with van der Waals surface area (Å²) in [7, 11) is 1.29. The molecule has 1 N–H and O–H groups in total. The molecule has 4 aromatic carbocycles. The van der Waals surface area contributed by atoms with Crippen molar-refractivity contribution in [2.24, 2.45) is 5.41 Å². The van der Waals surface area contributed by atoms with Crippen LogP contribution in [0.15, 0.2) is 97.1 Å². The van der Waals surface area contributed by atoms with Crippen molar-refractivity contribution in [3.8, 4) is 16.9 Å². The third kappa shape index (κ3) is 9.11. The molecule has 0 radical (unpaired) electrons. The van der Waals surface area contributed by atoms with Gasteiger partial charge in [0.1, 0.15) is 18.4 Å². The van der Waals surface area contributed by atoms with Crippen molar-refractivity contribution in [1.29, 1.82) is 0 Å². The summed E-state index contributed by atoms with van der Waals surface area (Å²) in [5.41, 5.74) is 3.59. The zero-order valence-corrected chi connectivity index (χ0v) is 28.6. The van der Waals surface area contributed by atoms with Crippen LogP contribution < -0.4 is 10.1 Å². The van der Waals surface area contributed by atoms with Crippen LogP contribution in [0, 0.1) is 5.41 Å². The third-order valence-corrected chi connectivity index (χ3v) is 8.62. The topological polar surface area (TPSA) is 84.9 Å². The highest BCUT2D eigenvalue weighted by Gasteiger charge is 2.38. The molecule has 10 heteroatoms. The van der Waals surface area contributed by atoms with Gasteiger partial charge in [-0.1, -0.05) is 93.6 Å². The molecule has 2 atom stereocenters. The number of halogens is 3. The van der Waals surface area contributed by atoms with Gasteiger partial charge < -0.3 is 19.7 Å². The van der Waals surface area contributed by atoms with Gasteiger partial charge in [0.15, 0.2) is 0 Å². The molecule has 1 aliphatic heterocycles. The van der Waals surface area contributed by atoms with Gasteiger partial charge in [-0.3, -0.25) is 14.4 Å². The molecule has 0 spiro atoms. The number of nitrogens with zero attached hydrogens (tertiary/aromatic N) is 1. The number of rotatable bonds is 10. The van der Waals surface area contributed by atoms with Crippen LogP contribution in [0.5, 0.6) is 5.75 Å². The van der Waals surface area contributed by atoms with Crippen molar-refractivity contribution >= 4 is 17.8 Å². The average molecular weight is 687 g/mol. The fourth-order valence-electron chi connectivity index (χ4n) is 6.04. The van der Waals surface area contributed by atoms with Crippen LogP contribution in [0.2, 0.25) is 0 Å². The lowest BCUT2D eigenvalue weighted by atomic mass is 9.87. The number of methoxy groups -OCH3 is 1. The molecule has 0 fully saturated rings. The van der Waals surface area contributed by atoms with E-state index in [2.05, 4.69) is 5.32 Å². The molecule has 0 aromatic heterocycles. The summed E-state index contributed by atoms with van der Waals surface area (Å²) in [6.07, 6.45) is -3.84. The summed E-state index contributed by atoms with van der Waals surface area (Å²) in [4.78, 5) is 42.3. The quantitative estimate of drug-likeness (QED) is 0.170. The van der Waals surface area contributed by atoms with Crippen LogP contribution in [-0.2, 0) is 38.3 Å². The number of amides is 2. The first-order chi connectivity index (χ1) is 23.7. The number of hydrogen-bond acceptors (Lipinski definition) is 5. The standard InChI is InChI=1S/C40H41F3N2O5/c1-39(2,3)24-35(46)45-21-20-29-16-19-32(50-25-26-10-17-31(18-11-26)40(41,42)43)22-33(29)37(45)38(48)44-34(23-36(47)49-4)30-14-12-28(13-15-30)27-8-6-5-7-9-27/h5-19,22,34,37H,20-21,23-25H2,1-4H3,(H,44,48). The van der Waals surface area contributed by atoms with E-state index in [9.17, 15) is 27.6 Å². The lowest BCUT2D eigenvalue weighted by molar-refractivity contribution is -0.144. The highest BCUT2D eigenvalue weighted by Crippen LogP contribution is 2.36. The Morgan fingerprint density at radius 1 is 0.880 bits per heavy atom. The molecule has 1 aliphatic rings. The zero-order chi connectivity index (χ0) is 36.1. The number of carbonyl (C=O) groups excluding carboxylic acids is 3. The van der Waals surface area contributed by atoms with Crippen molar-refractivity contribution in [2.45, 2.75) is 64.9 Å². The summed E-state index contributed by atoms with van der Waals surface area (Å²) in [6, 6.07) is 25.7. The fourth-order valence-corrected chi connectivity index (χ4v) is 6.04. The summed E-state index contributed by atoms with van der Waals surface area (Å²) in [6.45, 7) is 6.18. The Labute approximate surface area is 290 Å². The molecule has 50 heavy (non-hydrogen) atoms. The lowest BCUT2D eigenvalue weighted by Gasteiger charge is -2.38. The van der Waals surface area contributed by atoms with Gasteiger partial charge >= 0.3 is 12.1 Å². The third-order valence-electron chi connectivity index (χ3n) is 8.62. The maximum absolute atomic E-state index is 14.4. The molecule has 4 aromatic rings. The first-order valence-electron chi connectivity index (χ1n) is 16.5. The Hall–Kier alpha value is -5.12. The van der Waals surface area contributed by atoms with E-state index in [0.29, 0.717) is 35.4 Å². The number of nitrogens with one attached hydrogen (secondary N) is 1. The number of carbonyl (C=O) groups is 3. The molecule has 262 valence electrons. The molecule has 1 heterocycles. The Morgan fingerprint density at radius 3 is 2.16 bits per heavy atom. The van der Waals surface area contributed by atoms with Gasteiger partial charge in [-0.2, -0.15) is 13.2 Å². The number of ether oxygens (including phenoxy) is 2. The maximum Gasteiger partial charge on any atom is 0.416 e. The maximum atomic E-state index is 14.4. The van der Waals surface area contributed by atoms with Crippen LogP contribution in [0.4, 0.5) is 13.2 Å². The Morgan fingerprint density at radius 2 is 1.54 bits per heavy atom. The highest BCUT2D eigenvalue weighted by atomic mass is 19.4. The number of benzene rings is 4. The van der Waals surface area contributed by atoms with E-state index in [1.807, 2.05) is 81.4 Å². The first kappa shape index (κ1) is 36.2. The second-order valence-corrected chi connectivity index (χ2v) is 13.7. The predicted molar refractivity (Wildman–Crippen MR) is 184 cm³/mol. The molecule has 0 aliphatic carbocycles. The second kappa shape index (κ2) is 15.2. The van der Waals surface area contributed by atoms with Crippen molar-refractivity contribution < 1.29 is 37.0 Å². The predicted octanol–water partition coefficient (Wildman–Crippen LogP) is 8.23. The van der Waals surface area contributed by atoms with Gasteiger partial charge in [-0.25, -0.2) is 0 Å². The molecule has 7 nitrogen and oxygen atoms in total. The molecule has 0 saturated heterocycles. The molecule has 0 bridgehead atoms. The molecule has 2 unspecified atom stereocenters. The van der Waals surface area contributed by atoms with E-state index in [4.69, 9.17) is 9.47 Å². The smallest absolute Gasteiger partial charge is 0.416 e. The van der Waals surface area contributed by atoms with E-state index < -0.39 is 35.7 Å². The first-order valence-corrected chi connectivity index (χ1v) is 16.5. The fraction of sp³-hybridized carbons (Fsp3) is 0.325. The van der Waals surface area contributed by atoms with Gasteiger partial charge in [-0.15, -0.1) is 0 Å². The van der Waals surface area contributed by atoms with E-state index in [1.54, 1.807) is 17.0 Å². The number of alkyl halides is 3. The van der Waals surface area contributed by atoms with E-state index in [0.717, 1.165) is 28.8 Å². The minimum Gasteiger partial charge on any atom is -0.489 e. The summed E-state index contributed by atoms with van der Waals surface area (Å²) in [5, 5.41) is 3.04. The minimum absolute atomic E-state index is 0.000631. The summed E-state index contributed by atoms with van der Waals surface area (Å²) < 4.78 is 50.0. The van der Waals surface area contributed by atoms with Gasteiger partial charge in [0, 0.05) is 13.0 Å². The SMILES string of the molecule is COC(=O)CC(NC(=O)C1c2cc(OCc3ccc(C(F)(F)F)cc3)ccc2CCN1C(=O)CC(C)(C)C)c1ccc(-c2ccccc2)cc1. The van der Waals surface area contributed by atoms with E-state index in [1.165, 1.54) is 19.2 Å². The Kier molecular flexibility index (Phi) is 11.0. The van der Waals surface area contributed by atoms with Crippen LogP contribution in [0.1, 0.15) is 73.5 Å². The normalized spacial score (nSPS) is 15.1. The highest BCUT2D eigenvalue weighted by molar-refractivity contribution is 5.90. The Bertz CT molecular complexity index is 1800. The zero-order valence-electron chi connectivity index (χ0n) is 28.6. The lowest BCUT2D eigenvalue weighted by Crippen LogP contribution is -2.48. The number of hydrogen-bond donors (Lipinski definition) is 1. The van der Waals surface area contributed by atoms with Crippen LogP contribution in [-0.4, -0.2) is 36.3 Å². The second-order valence-electron chi connectivity index (χ2n) is 13.7.